The maximum absolute atomic E-state index is 12.0. The number of hydrogen-bond acceptors (Lipinski definition) is 3. The lowest BCUT2D eigenvalue weighted by molar-refractivity contribution is -0.127. The summed E-state index contributed by atoms with van der Waals surface area (Å²) in [4.78, 5) is 22.6. The molecule has 0 unspecified atom stereocenters. The number of halogens is 1. The van der Waals surface area contributed by atoms with Crippen LogP contribution in [0, 0.1) is 11.8 Å². The molecule has 1 aliphatic carbocycles. The van der Waals surface area contributed by atoms with Gasteiger partial charge >= 0.3 is 0 Å². The molecule has 6 heteroatoms. The maximum atomic E-state index is 12.0. The van der Waals surface area contributed by atoms with Crippen molar-refractivity contribution in [2.45, 2.75) is 51.4 Å². The Morgan fingerprint density at radius 3 is 2.35 bits per heavy atom. The first-order valence-corrected chi connectivity index (χ1v) is 8.85. The van der Waals surface area contributed by atoms with Crippen molar-refractivity contribution >= 4 is 12.4 Å². The molecule has 0 aromatic heterocycles. The molecule has 1 saturated carbocycles. The Bertz CT molecular complexity index is 330. The smallest absolute Gasteiger partial charge is 0.290 e. The fourth-order valence-corrected chi connectivity index (χ4v) is 3.08. The summed E-state index contributed by atoms with van der Waals surface area (Å²) in [6.07, 6.45) is 8.61. The van der Waals surface area contributed by atoms with Crippen molar-refractivity contribution < 1.29 is 19.1 Å². The van der Waals surface area contributed by atoms with Crippen LogP contribution in [0.3, 0.4) is 0 Å². The van der Waals surface area contributed by atoms with E-state index in [1.165, 1.54) is 19.3 Å². The molecule has 134 valence electrons. The lowest BCUT2D eigenvalue weighted by atomic mass is 9.84. The second kappa shape index (κ2) is 12.3. The summed E-state index contributed by atoms with van der Waals surface area (Å²) in [6, 6.07) is 0. The van der Waals surface area contributed by atoms with Crippen LogP contribution in [-0.2, 0) is 9.59 Å². The summed E-state index contributed by atoms with van der Waals surface area (Å²) in [5, 5.41) is 10.0. The lowest BCUT2D eigenvalue weighted by Crippen LogP contribution is -2.41. The van der Waals surface area contributed by atoms with Gasteiger partial charge < -0.3 is 15.3 Å². The number of nitrogens with zero attached hydrogens (tertiary/aromatic N) is 1. The molecule has 0 spiro atoms. The van der Waals surface area contributed by atoms with Gasteiger partial charge in [0.05, 0.1) is 6.67 Å². The molecule has 0 aromatic carbocycles. The Morgan fingerprint density at radius 2 is 1.83 bits per heavy atom. The van der Waals surface area contributed by atoms with Crippen molar-refractivity contribution in [2.75, 3.05) is 32.9 Å². The third kappa shape index (κ3) is 8.30. The highest BCUT2D eigenvalue weighted by Gasteiger charge is 2.26. The Kier molecular flexibility index (Phi) is 10.6. The fourth-order valence-electron chi connectivity index (χ4n) is 3.08. The van der Waals surface area contributed by atoms with Crippen molar-refractivity contribution in [1.82, 2.24) is 10.2 Å². The SMILES string of the molecule is O=C(NCC1CCN(CCCCCF)CC1)C1CCC1.O=CO. The molecular formula is C17H31FN2O3. The van der Waals surface area contributed by atoms with E-state index in [-0.39, 0.29) is 19.1 Å². The van der Waals surface area contributed by atoms with E-state index >= 15 is 0 Å². The van der Waals surface area contributed by atoms with Crippen LogP contribution >= 0.6 is 0 Å². The molecule has 0 atom stereocenters. The van der Waals surface area contributed by atoms with E-state index in [0.717, 1.165) is 51.9 Å². The predicted octanol–water partition coefficient (Wildman–Crippen LogP) is 2.46. The van der Waals surface area contributed by atoms with Crippen molar-refractivity contribution in [2.24, 2.45) is 11.8 Å². The van der Waals surface area contributed by atoms with Gasteiger partial charge in [-0.15, -0.1) is 0 Å². The summed E-state index contributed by atoms with van der Waals surface area (Å²) < 4.78 is 12.0. The van der Waals surface area contributed by atoms with Crippen LogP contribution in [0.1, 0.15) is 51.4 Å². The summed E-state index contributed by atoms with van der Waals surface area (Å²) >= 11 is 0. The third-order valence-corrected chi connectivity index (χ3v) is 4.86. The van der Waals surface area contributed by atoms with Gasteiger partial charge in [-0.3, -0.25) is 14.0 Å². The molecule has 0 aromatic rings. The number of unbranched alkanes of at least 4 members (excludes halogenated alkanes) is 2. The number of alkyl halides is 1. The van der Waals surface area contributed by atoms with Gasteiger partial charge in [0.25, 0.3) is 6.47 Å². The zero-order chi connectivity index (χ0) is 16.9. The zero-order valence-corrected chi connectivity index (χ0v) is 14.0. The number of rotatable bonds is 8. The van der Waals surface area contributed by atoms with Crippen LogP contribution in [0.2, 0.25) is 0 Å². The summed E-state index contributed by atoms with van der Waals surface area (Å²) in [5.41, 5.74) is 0. The number of carboxylic acid groups (broad SMARTS) is 1. The zero-order valence-electron chi connectivity index (χ0n) is 14.0. The number of carbonyl (C=O) groups excluding carboxylic acids is 1. The summed E-state index contributed by atoms with van der Waals surface area (Å²) in [7, 11) is 0. The molecule has 1 amide bonds. The average molecular weight is 330 g/mol. The van der Waals surface area contributed by atoms with Gasteiger partial charge in [0, 0.05) is 12.5 Å². The van der Waals surface area contributed by atoms with Crippen LogP contribution in [0.25, 0.3) is 0 Å². The van der Waals surface area contributed by atoms with Crippen LogP contribution < -0.4 is 5.32 Å². The Hall–Kier alpha value is -1.17. The lowest BCUT2D eigenvalue weighted by Gasteiger charge is -2.32. The fraction of sp³-hybridized carbons (Fsp3) is 0.882. The minimum Gasteiger partial charge on any atom is -0.483 e. The molecular weight excluding hydrogens is 299 g/mol. The van der Waals surface area contributed by atoms with Gasteiger partial charge in [-0.2, -0.15) is 0 Å². The highest BCUT2D eigenvalue weighted by molar-refractivity contribution is 5.79. The second-order valence-electron chi connectivity index (χ2n) is 6.51. The van der Waals surface area contributed by atoms with Crippen LogP contribution in [0.4, 0.5) is 4.39 Å². The van der Waals surface area contributed by atoms with Gasteiger partial charge in [-0.1, -0.05) is 6.42 Å². The summed E-state index contributed by atoms with van der Waals surface area (Å²) in [5.74, 6) is 1.25. The molecule has 1 heterocycles. The van der Waals surface area contributed by atoms with Crippen molar-refractivity contribution in [1.29, 1.82) is 0 Å². The number of piperidine rings is 1. The number of carbonyl (C=O) groups is 2. The average Bonchev–Trinajstić information content (AvgIpc) is 2.50. The molecule has 2 rings (SSSR count). The van der Waals surface area contributed by atoms with E-state index in [1.54, 1.807) is 0 Å². The molecule has 2 fully saturated rings. The van der Waals surface area contributed by atoms with Crippen LogP contribution in [-0.4, -0.2) is 55.2 Å². The van der Waals surface area contributed by atoms with E-state index in [4.69, 9.17) is 9.90 Å². The van der Waals surface area contributed by atoms with Gasteiger partial charge in [0.15, 0.2) is 0 Å². The van der Waals surface area contributed by atoms with E-state index in [0.29, 0.717) is 18.3 Å². The Balaban J connectivity index is 0.000000816. The highest BCUT2D eigenvalue weighted by atomic mass is 19.1. The van der Waals surface area contributed by atoms with Crippen molar-refractivity contribution in [3.63, 3.8) is 0 Å². The Morgan fingerprint density at radius 1 is 1.17 bits per heavy atom. The van der Waals surface area contributed by atoms with E-state index in [9.17, 15) is 9.18 Å². The molecule has 0 bridgehead atoms. The molecule has 0 radical (unpaired) electrons. The Labute approximate surface area is 138 Å². The largest absolute Gasteiger partial charge is 0.483 e. The number of likely N-dealkylation sites (tertiary alicyclic amines) is 1. The normalized spacial score (nSPS) is 19.3. The van der Waals surface area contributed by atoms with Gasteiger partial charge in [-0.25, -0.2) is 0 Å². The monoisotopic (exact) mass is 330 g/mol. The quantitative estimate of drug-likeness (QED) is 0.530. The van der Waals surface area contributed by atoms with Gasteiger partial charge in [0.1, 0.15) is 0 Å². The first kappa shape index (κ1) is 19.9. The predicted molar refractivity (Wildman–Crippen MR) is 88.0 cm³/mol. The van der Waals surface area contributed by atoms with Gasteiger partial charge in [0.2, 0.25) is 5.91 Å². The standard InChI is InChI=1S/C16H29FN2O.CH2O2/c17-9-2-1-3-10-19-11-7-14(8-12-19)13-18-16(20)15-5-4-6-15;2-1-3/h14-15H,1-13H2,(H,18,20);1H,(H,2,3). The van der Waals surface area contributed by atoms with Crippen molar-refractivity contribution in [3.8, 4) is 0 Å². The molecule has 1 saturated heterocycles. The molecule has 2 aliphatic rings. The first-order valence-electron chi connectivity index (χ1n) is 8.85. The minimum absolute atomic E-state index is 0.178. The third-order valence-electron chi connectivity index (χ3n) is 4.86. The number of nitrogens with one attached hydrogen (secondary N) is 1. The topological polar surface area (TPSA) is 69.6 Å². The molecule has 5 nitrogen and oxygen atoms in total. The maximum Gasteiger partial charge on any atom is 0.290 e. The highest BCUT2D eigenvalue weighted by Crippen LogP contribution is 2.26. The van der Waals surface area contributed by atoms with E-state index < -0.39 is 0 Å². The number of hydrogen-bond donors (Lipinski definition) is 2. The van der Waals surface area contributed by atoms with Gasteiger partial charge in [-0.05, 0) is 70.5 Å². The minimum atomic E-state index is -0.250. The van der Waals surface area contributed by atoms with E-state index in [2.05, 4.69) is 10.2 Å². The first-order chi connectivity index (χ1) is 11.2. The van der Waals surface area contributed by atoms with Crippen LogP contribution in [0.5, 0.6) is 0 Å². The molecule has 23 heavy (non-hydrogen) atoms. The summed E-state index contributed by atoms with van der Waals surface area (Å²) in [6.45, 7) is 3.83. The number of amides is 1. The molecule has 2 N–H and O–H groups in total. The van der Waals surface area contributed by atoms with Crippen LogP contribution in [0.15, 0.2) is 0 Å². The van der Waals surface area contributed by atoms with E-state index in [1.807, 2.05) is 0 Å². The molecule has 1 aliphatic heterocycles. The second-order valence-corrected chi connectivity index (χ2v) is 6.51. The van der Waals surface area contributed by atoms with Crippen molar-refractivity contribution in [3.05, 3.63) is 0 Å².